The van der Waals surface area contributed by atoms with Gasteiger partial charge in [-0.3, -0.25) is 9.59 Å². The summed E-state index contributed by atoms with van der Waals surface area (Å²) in [6.07, 6.45) is 9.29. The number of amides is 1. The molecule has 1 aromatic rings. The first-order valence-corrected chi connectivity index (χ1v) is 9.68. The normalized spacial score (nSPS) is 10.3. The van der Waals surface area contributed by atoms with Crippen molar-refractivity contribution >= 4 is 11.9 Å². The first-order valence-electron chi connectivity index (χ1n) is 9.68. The molecule has 0 radical (unpaired) electrons. The smallest absolute Gasteiger partial charge is 0.305 e. The molecule has 0 aromatic heterocycles. The number of methoxy groups -OCH3 is 3. The van der Waals surface area contributed by atoms with E-state index < -0.39 is 0 Å². The Bertz CT molecular complexity index is 551. The molecule has 0 aliphatic heterocycles. The van der Waals surface area contributed by atoms with Gasteiger partial charge in [0.2, 0.25) is 0 Å². The third-order valence-electron chi connectivity index (χ3n) is 4.43. The number of benzene rings is 1. The number of esters is 1. The van der Waals surface area contributed by atoms with Crippen LogP contribution in [0.5, 0.6) is 11.5 Å². The maximum Gasteiger partial charge on any atom is 0.305 e. The average molecular weight is 379 g/mol. The summed E-state index contributed by atoms with van der Waals surface area (Å²) in [5.41, 5.74) is 0.540. The minimum Gasteiger partial charge on any atom is -0.497 e. The largest absolute Gasteiger partial charge is 0.497 e. The molecule has 1 aromatic carbocycles. The Balaban J connectivity index is 2.08. The van der Waals surface area contributed by atoms with E-state index in [1.54, 1.807) is 32.4 Å². The summed E-state index contributed by atoms with van der Waals surface area (Å²) in [5, 5.41) is 2.94. The van der Waals surface area contributed by atoms with Crippen LogP contribution in [0.4, 0.5) is 0 Å². The van der Waals surface area contributed by atoms with Gasteiger partial charge in [-0.15, -0.1) is 0 Å². The Hall–Kier alpha value is -2.24. The van der Waals surface area contributed by atoms with Crippen LogP contribution in [0.15, 0.2) is 18.2 Å². The summed E-state index contributed by atoms with van der Waals surface area (Å²) in [4.78, 5) is 23.2. The Morgan fingerprint density at radius 1 is 0.778 bits per heavy atom. The maximum atomic E-state index is 12.2. The Labute approximate surface area is 162 Å². The Kier molecular flexibility index (Phi) is 11.7. The fourth-order valence-corrected chi connectivity index (χ4v) is 2.80. The molecule has 1 rings (SSSR count). The van der Waals surface area contributed by atoms with Crippen LogP contribution >= 0.6 is 0 Å². The van der Waals surface area contributed by atoms with Crippen LogP contribution in [0.25, 0.3) is 0 Å². The third kappa shape index (κ3) is 9.87. The first-order chi connectivity index (χ1) is 13.1. The number of ether oxygens (including phenoxy) is 3. The lowest BCUT2D eigenvalue weighted by molar-refractivity contribution is -0.140. The highest BCUT2D eigenvalue weighted by molar-refractivity contribution is 5.95. The molecule has 0 aliphatic carbocycles. The molecule has 1 amide bonds. The molecule has 1 N–H and O–H groups in total. The number of carbonyl (C=O) groups excluding carboxylic acids is 2. The van der Waals surface area contributed by atoms with Crippen molar-refractivity contribution < 1.29 is 23.8 Å². The first kappa shape index (κ1) is 22.8. The molecule has 0 saturated heterocycles. The lowest BCUT2D eigenvalue weighted by Crippen LogP contribution is -2.24. The summed E-state index contributed by atoms with van der Waals surface area (Å²) in [5.74, 6) is 0.972. The van der Waals surface area contributed by atoms with Gasteiger partial charge in [-0.05, 0) is 25.0 Å². The van der Waals surface area contributed by atoms with Crippen molar-refractivity contribution in [1.82, 2.24) is 5.32 Å². The molecule has 0 fully saturated rings. The van der Waals surface area contributed by atoms with Gasteiger partial charge in [-0.25, -0.2) is 0 Å². The number of nitrogens with one attached hydrogen (secondary N) is 1. The number of unbranched alkanes of at least 4 members (excludes halogenated alkanes) is 7. The van der Waals surface area contributed by atoms with Crippen LogP contribution in [-0.4, -0.2) is 39.8 Å². The van der Waals surface area contributed by atoms with Crippen molar-refractivity contribution in [3.05, 3.63) is 23.8 Å². The van der Waals surface area contributed by atoms with E-state index in [4.69, 9.17) is 9.47 Å². The van der Waals surface area contributed by atoms with Gasteiger partial charge in [0.1, 0.15) is 11.5 Å². The summed E-state index contributed by atoms with van der Waals surface area (Å²) in [7, 11) is 4.56. The Morgan fingerprint density at radius 2 is 1.30 bits per heavy atom. The van der Waals surface area contributed by atoms with Gasteiger partial charge in [0.15, 0.2) is 0 Å². The zero-order chi connectivity index (χ0) is 19.9. The van der Waals surface area contributed by atoms with Gasteiger partial charge in [0.05, 0.1) is 21.3 Å². The molecular formula is C21H33NO5. The predicted molar refractivity (Wildman–Crippen MR) is 105 cm³/mol. The van der Waals surface area contributed by atoms with Crippen LogP contribution in [0.1, 0.15) is 68.1 Å². The molecule has 0 heterocycles. The van der Waals surface area contributed by atoms with Gasteiger partial charge < -0.3 is 19.5 Å². The van der Waals surface area contributed by atoms with Gasteiger partial charge in [-0.1, -0.05) is 38.5 Å². The van der Waals surface area contributed by atoms with E-state index in [-0.39, 0.29) is 11.9 Å². The number of hydrogen-bond donors (Lipinski definition) is 1. The highest BCUT2D eigenvalue weighted by Crippen LogP contribution is 2.22. The van der Waals surface area contributed by atoms with Crippen molar-refractivity contribution in [3.63, 3.8) is 0 Å². The van der Waals surface area contributed by atoms with Crippen LogP contribution in [0.3, 0.4) is 0 Å². The van der Waals surface area contributed by atoms with E-state index in [1.807, 2.05) is 0 Å². The summed E-state index contributed by atoms with van der Waals surface area (Å²) in [6, 6.07) is 5.16. The molecule has 0 aliphatic rings. The quantitative estimate of drug-likeness (QED) is 0.389. The monoisotopic (exact) mass is 379 g/mol. The second-order valence-corrected chi connectivity index (χ2v) is 6.51. The van der Waals surface area contributed by atoms with Crippen molar-refractivity contribution in [3.8, 4) is 11.5 Å². The number of rotatable bonds is 14. The molecular weight excluding hydrogens is 346 g/mol. The van der Waals surface area contributed by atoms with E-state index >= 15 is 0 Å². The summed E-state index contributed by atoms with van der Waals surface area (Å²) < 4.78 is 15.0. The van der Waals surface area contributed by atoms with Gasteiger partial charge in [0.25, 0.3) is 5.91 Å². The van der Waals surface area contributed by atoms with Crippen molar-refractivity contribution in [2.45, 2.75) is 57.8 Å². The second-order valence-electron chi connectivity index (χ2n) is 6.51. The fourth-order valence-electron chi connectivity index (χ4n) is 2.80. The molecule has 0 bridgehead atoms. The zero-order valence-corrected chi connectivity index (χ0v) is 16.8. The highest BCUT2D eigenvalue weighted by Gasteiger charge is 2.09. The van der Waals surface area contributed by atoms with Gasteiger partial charge in [0, 0.05) is 24.6 Å². The molecule has 27 heavy (non-hydrogen) atoms. The molecule has 6 heteroatoms. The van der Waals surface area contributed by atoms with Crippen LogP contribution in [0, 0.1) is 0 Å². The molecule has 0 atom stereocenters. The molecule has 0 saturated carbocycles. The minimum absolute atomic E-state index is 0.113. The minimum atomic E-state index is -0.121. The SMILES string of the molecule is COC(=O)CCCCCCCCCCNC(=O)c1cc(OC)cc(OC)c1. The molecule has 0 spiro atoms. The third-order valence-corrected chi connectivity index (χ3v) is 4.43. The summed E-state index contributed by atoms with van der Waals surface area (Å²) >= 11 is 0. The van der Waals surface area contributed by atoms with Crippen LogP contribution in [-0.2, 0) is 9.53 Å². The van der Waals surface area contributed by atoms with Gasteiger partial charge in [-0.2, -0.15) is 0 Å². The molecule has 0 unspecified atom stereocenters. The highest BCUT2D eigenvalue weighted by atomic mass is 16.5. The van der Waals surface area contributed by atoms with E-state index in [9.17, 15) is 9.59 Å². The lowest BCUT2D eigenvalue weighted by Gasteiger charge is -2.09. The second kappa shape index (κ2) is 13.9. The standard InChI is InChI=1S/C21H33NO5/c1-25-18-14-17(15-19(16-18)26-2)21(24)22-13-11-9-7-5-4-6-8-10-12-20(23)27-3/h14-16H,4-13H2,1-3H3,(H,22,24). The van der Waals surface area contributed by atoms with Crippen molar-refractivity contribution in [1.29, 1.82) is 0 Å². The van der Waals surface area contributed by atoms with Crippen LogP contribution < -0.4 is 14.8 Å². The molecule has 6 nitrogen and oxygen atoms in total. The average Bonchev–Trinajstić information content (AvgIpc) is 2.70. The Morgan fingerprint density at radius 3 is 1.81 bits per heavy atom. The predicted octanol–water partition coefficient (Wildman–Crippen LogP) is 4.12. The van der Waals surface area contributed by atoms with Crippen LogP contribution in [0.2, 0.25) is 0 Å². The van der Waals surface area contributed by atoms with Crippen molar-refractivity contribution in [2.75, 3.05) is 27.9 Å². The topological polar surface area (TPSA) is 73.9 Å². The number of carbonyl (C=O) groups is 2. The summed E-state index contributed by atoms with van der Waals surface area (Å²) in [6.45, 7) is 0.664. The van der Waals surface area contributed by atoms with E-state index in [0.29, 0.717) is 30.0 Å². The fraction of sp³-hybridized carbons (Fsp3) is 0.619. The van der Waals surface area contributed by atoms with Gasteiger partial charge >= 0.3 is 5.97 Å². The lowest BCUT2D eigenvalue weighted by atomic mass is 10.1. The van der Waals surface area contributed by atoms with E-state index in [2.05, 4.69) is 10.1 Å². The molecule has 152 valence electrons. The zero-order valence-electron chi connectivity index (χ0n) is 16.8. The van der Waals surface area contributed by atoms with Crippen molar-refractivity contribution in [2.24, 2.45) is 0 Å². The van der Waals surface area contributed by atoms with E-state index in [0.717, 1.165) is 32.1 Å². The number of hydrogen-bond acceptors (Lipinski definition) is 5. The maximum absolute atomic E-state index is 12.2. The van der Waals surface area contributed by atoms with E-state index in [1.165, 1.54) is 26.4 Å².